The minimum atomic E-state index is -0.525. The van der Waals surface area contributed by atoms with Gasteiger partial charge in [0.2, 0.25) is 0 Å². The number of para-hydroxylation sites is 1. The molecule has 2 N–H and O–H groups in total. The normalized spacial score (nSPS) is 12.3. The number of pyridine rings is 2. The van der Waals surface area contributed by atoms with Gasteiger partial charge >= 0.3 is 0 Å². The first kappa shape index (κ1) is 19.0. The van der Waals surface area contributed by atoms with Crippen LogP contribution in [0.4, 0.5) is 10.2 Å². The Labute approximate surface area is 177 Å². The number of imidazole rings is 1. The Morgan fingerprint density at radius 2 is 1.94 bits per heavy atom. The van der Waals surface area contributed by atoms with Crippen LogP contribution in [0, 0.1) is 5.82 Å². The molecule has 5 rings (SSSR count). The van der Waals surface area contributed by atoms with Gasteiger partial charge in [-0.05, 0) is 42.1 Å². The lowest BCUT2D eigenvalue weighted by atomic mass is 10.0. The third kappa shape index (κ3) is 3.24. The second-order valence-corrected chi connectivity index (χ2v) is 7.31. The smallest absolute Gasteiger partial charge is 0.266 e. The zero-order chi connectivity index (χ0) is 21.4. The molecule has 0 aliphatic carbocycles. The Morgan fingerprint density at radius 1 is 1.10 bits per heavy atom. The Bertz CT molecular complexity index is 1440. The van der Waals surface area contributed by atoms with Gasteiger partial charge in [0.25, 0.3) is 5.56 Å². The van der Waals surface area contributed by atoms with Crippen molar-refractivity contribution in [3.63, 3.8) is 0 Å². The zero-order valence-electron chi connectivity index (χ0n) is 16.8. The predicted octanol–water partition coefficient (Wildman–Crippen LogP) is 4.96. The van der Waals surface area contributed by atoms with E-state index in [2.05, 4.69) is 20.3 Å². The number of nitrogens with zero attached hydrogens (tertiary/aromatic N) is 3. The lowest BCUT2D eigenvalue weighted by Gasteiger charge is -2.23. The van der Waals surface area contributed by atoms with E-state index in [9.17, 15) is 9.18 Å². The van der Waals surface area contributed by atoms with Crippen LogP contribution < -0.4 is 10.9 Å². The number of anilines is 1. The number of hydrogen-bond donors (Lipinski definition) is 2. The molecule has 0 amide bonds. The molecule has 0 fully saturated rings. The van der Waals surface area contributed by atoms with Crippen LogP contribution in [0.5, 0.6) is 0 Å². The van der Waals surface area contributed by atoms with Crippen LogP contribution in [0.1, 0.15) is 25.1 Å². The van der Waals surface area contributed by atoms with Crippen molar-refractivity contribution in [3.05, 3.63) is 95.1 Å². The molecule has 31 heavy (non-hydrogen) atoms. The van der Waals surface area contributed by atoms with Crippen molar-refractivity contribution >= 4 is 27.6 Å². The molecule has 0 saturated carbocycles. The molecule has 1 atom stereocenters. The van der Waals surface area contributed by atoms with Crippen molar-refractivity contribution in [3.8, 4) is 5.69 Å². The first-order chi connectivity index (χ1) is 15.2. The predicted molar refractivity (Wildman–Crippen MR) is 120 cm³/mol. The van der Waals surface area contributed by atoms with Crippen LogP contribution in [0.2, 0.25) is 0 Å². The Hall–Kier alpha value is -4.00. The number of benzene rings is 2. The van der Waals surface area contributed by atoms with E-state index in [0.717, 1.165) is 16.7 Å². The summed E-state index contributed by atoms with van der Waals surface area (Å²) in [5, 5.41) is 4.09. The SMILES string of the molecule is CC[C@@H](Nc1nccc2[nH]cnc12)c1cc2cccc(F)c2c(=O)n1-c1ccccc1. The summed E-state index contributed by atoms with van der Waals surface area (Å²) in [4.78, 5) is 25.4. The fraction of sp³-hybridized carbons (Fsp3) is 0.125. The zero-order valence-corrected chi connectivity index (χ0v) is 16.8. The van der Waals surface area contributed by atoms with E-state index < -0.39 is 5.82 Å². The van der Waals surface area contributed by atoms with Crippen LogP contribution in [0.15, 0.2) is 78.0 Å². The van der Waals surface area contributed by atoms with E-state index in [1.807, 2.05) is 49.4 Å². The molecule has 5 aromatic rings. The average Bonchev–Trinajstić information content (AvgIpc) is 3.27. The van der Waals surface area contributed by atoms with Crippen LogP contribution in [0.25, 0.3) is 27.5 Å². The minimum Gasteiger partial charge on any atom is -0.360 e. The molecule has 0 aliphatic heterocycles. The van der Waals surface area contributed by atoms with E-state index in [1.54, 1.807) is 29.2 Å². The first-order valence-electron chi connectivity index (χ1n) is 10.1. The highest BCUT2D eigenvalue weighted by Gasteiger charge is 2.21. The van der Waals surface area contributed by atoms with Crippen molar-refractivity contribution in [2.75, 3.05) is 5.32 Å². The van der Waals surface area contributed by atoms with Crippen molar-refractivity contribution in [2.45, 2.75) is 19.4 Å². The summed E-state index contributed by atoms with van der Waals surface area (Å²) in [7, 11) is 0. The highest BCUT2D eigenvalue weighted by Crippen LogP contribution is 2.28. The van der Waals surface area contributed by atoms with Crippen molar-refractivity contribution in [2.24, 2.45) is 0 Å². The van der Waals surface area contributed by atoms with Crippen molar-refractivity contribution in [1.29, 1.82) is 0 Å². The fourth-order valence-electron chi connectivity index (χ4n) is 3.96. The monoisotopic (exact) mass is 413 g/mol. The number of aromatic amines is 1. The van der Waals surface area contributed by atoms with Gasteiger partial charge in [-0.15, -0.1) is 0 Å². The van der Waals surface area contributed by atoms with Crippen LogP contribution >= 0.6 is 0 Å². The number of H-pyrrole nitrogens is 1. The number of hydrogen-bond acceptors (Lipinski definition) is 4. The number of fused-ring (bicyclic) bond motifs is 2. The van der Waals surface area contributed by atoms with Gasteiger partial charge in [0.1, 0.15) is 11.3 Å². The van der Waals surface area contributed by atoms with Crippen LogP contribution in [-0.2, 0) is 0 Å². The van der Waals surface area contributed by atoms with Gasteiger partial charge in [0.15, 0.2) is 5.82 Å². The molecular weight excluding hydrogens is 393 g/mol. The molecule has 6 nitrogen and oxygen atoms in total. The molecule has 154 valence electrons. The molecule has 7 heteroatoms. The minimum absolute atomic E-state index is 0.0810. The maximum Gasteiger partial charge on any atom is 0.266 e. The quantitative estimate of drug-likeness (QED) is 0.427. The molecular formula is C24H20FN5O. The molecule has 0 aliphatic rings. The maximum atomic E-state index is 14.6. The van der Waals surface area contributed by atoms with Gasteiger partial charge in [-0.3, -0.25) is 9.36 Å². The van der Waals surface area contributed by atoms with Crippen LogP contribution in [0.3, 0.4) is 0 Å². The summed E-state index contributed by atoms with van der Waals surface area (Å²) in [6.45, 7) is 2.03. The van der Waals surface area contributed by atoms with E-state index in [0.29, 0.717) is 23.3 Å². The number of rotatable bonds is 5. The Morgan fingerprint density at radius 3 is 2.74 bits per heavy atom. The fourth-order valence-corrected chi connectivity index (χ4v) is 3.96. The van der Waals surface area contributed by atoms with Gasteiger partial charge < -0.3 is 10.3 Å². The number of nitrogens with one attached hydrogen (secondary N) is 2. The average molecular weight is 413 g/mol. The maximum absolute atomic E-state index is 14.6. The molecule has 3 heterocycles. The van der Waals surface area contributed by atoms with Crippen molar-refractivity contribution in [1.82, 2.24) is 19.5 Å². The van der Waals surface area contributed by atoms with Gasteiger partial charge in [0.05, 0.1) is 23.3 Å². The summed E-state index contributed by atoms with van der Waals surface area (Å²) >= 11 is 0. The summed E-state index contributed by atoms with van der Waals surface area (Å²) in [5.74, 6) is 0.0969. The molecule has 0 bridgehead atoms. The van der Waals surface area contributed by atoms with Gasteiger partial charge in [-0.2, -0.15) is 0 Å². The lowest BCUT2D eigenvalue weighted by molar-refractivity contribution is 0.635. The summed E-state index contributed by atoms with van der Waals surface area (Å²) in [5.41, 5.74) is 2.61. The Kier molecular flexibility index (Phi) is 4.71. The van der Waals surface area contributed by atoms with E-state index in [4.69, 9.17) is 0 Å². The second-order valence-electron chi connectivity index (χ2n) is 7.31. The van der Waals surface area contributed by atoms with E-state index in [-0.39, 0.29) is 17.0 Å². The van der Waals surface area contributed by atoms with Crippen molar-refractivity contribution < 1.29 is 4.39 Å². The number of halogens is 1. The van der Waals surface area contributed by atoms with Crippen LogP contribution in [-0.4, -0.2) is 19.5 Å². The van der Waals surface area contributed by atoms with E-state index >= 15 is 0 Å². The molecule has 0 saturated heterocycles. The standard InChI is InChI=1S/C24H20FN5O/c1-2-18(29-23-22-19(11-12-26-23)27-14-28-22)20-13-15-7-6-10-17(25)21(15)24(31)30(20)16-8-4-3-5-9-16/h3-14,18H,2H2,1H3,(H,26,29)(H,27,28)/t18-/m1/s1. The largest absolute Gasteiger partial charge is 0.360 e. The van der Waals surface area contributed by atoms with Gasteiger partial charge in [0, 0.05) is 17.6 Å². The highest BCUT2D eigenvalue weighted by atomic mass is 19.1. The Balaban J connectivity index is 1.74. The highest BCUT2D eigenvalue weighted by molar-refractivity contribution is 5.86. The summed E-state index contributed by atoms with van der Waals surface area (Å²) in [6.07, 6.45) is 4.00. The molecule has 2 aromatic carbocycles. The molecule has 0 radical (unpaired) electrons. The third-order valence-corrected chi connectivity index (χ3v) is 5.45. The van der Waals surface area contributed by atoms with Gasteiger partial charge in [-0.25, -0.2) is 14.4 Å². The molecule has 3 aromatic heterocycles. The summed E-state index contributed by atoms with van der Waals surface area (Å²) in [6, 6.07) is 17.5. The molecule has 0 spiro atoms. The van der Waals surface area contributed by atoms with E-state index in [1.165, 1.54) is 6.07 Å². The summed E-state index contributed by atoms with van der Waals surface area (Å²) < 4.78 is 16.2. The third-order valence-electron chi connectivity index (χ3n) is 5.45. The lowest BCUT2D eigenvalue weighted by Crippen LogP contribution is -2.27. The second kappa shape index (κ2) is 7.68. The number of aromatic nitrogens is 4. The first-order valence-corrected chi connectivity index (χ1v) is 10.1. The topological polar surface area (TPSA) is 75.6 Å². The molecule has 0 unspecified atom stereocenters. The van der Waals surface area contributed by atoms with Gasteiger partial charge in [-0.1, -0.05) is 37.3 Å².